The largest absolute Gasteiger partial charge is 0.396 e. The molecule has 3 unspecified atom stereocenters. The number of ether oxygens (including phenoxy) is 1. The van der Waals surface area contributed by atoms with Crippen molar-refractivity contribution in [1.29, 1.82) is 0 Å². The van der Waals surface area contributed by atoms with E-state index in [1.165, 1.54) is 6.42 Å². The highest BCUT2D eigenvalue weighted by Gasteiger charge is 2.43. The molecule has 0 aromatic rings. The van der Waals surface area contributed by atoms with Crippen molar-refractivity contribution in [2.75, 3.05) is 6.61 Å². The van der Waals surface area contributed by atoms with Crippen LogP contribution in [0.2, 0.25) is 0 Å². The maximum atomic E-state index is 8.77. The summed E-state index contributed by atoms with van der Waals surface area (Å²) in [5.74, 6) is 0.536. The molecular weight excluding hydrogens is 116 g/mol. The van der Waals surface area contributed by atoms with Gasteiger partial charge in [0, 0.05) is 6.61 Å². The van der Waals surface area contributed by atoms with Crippen LogP contribution in [0.1, 0.15) is 19.3 Å². The Morgan fingerprint density at radius 3 is 2.89 bits per heavy atom. The lowest BCUT2D eigenvalue weighted by atomic mass is 9.90. The Balaban J connectivity index is 1.86. The Bertz CT molecular complexity index is 113. The van der Waals surface area contributed by atoms with Gasteiger partial charge >= 0.3 is 0 Å². The van der Waals surface area contributed by atoms with E-state index in [4.69, 9.17) is 9.84 Å². The molecule has 2 heteroatoms. The third-order valence-electron chi connectivity index (χ3n) is 2.37. The Labute approximate surface area is 54.8 Å². The van der Waals surface area contributed by atoms with E-state index in [0.717, 1.165) is 12.8 Å². The SMILES string of the molecule is OCC1CCC2OC2C1. The number of aliphatic hydroxyl groups excluding tert-OH is 1. The van der Waals surface area contributed by atoms with Gasteiger partial charge in [-0.3, -0.25) is 0 Å². The van der Waals surface area contributed by atoms with Crippen molar-refractivity contribution < 1.29 is 9.84 Å². The van der Waals surface area contributed by atoms with Crippen LogP contribution in [0.5, 0.6) is 0 Å². The van der Waals surface area contributed by atoms with Gasteiger partial charge in [-0.2, -0.15) is 0 Å². The molecule has 9 heavy (non-hydrogen) atoms. The Morgan fingerprint density at radius 1 is 1.33 bits per heavy atom. The summed E-state index contributed by atoms with van der Waals surface area (Å²) in [5.41, 5.74) is 0. The molecule has 1 saturated heterocycles. The number of fused-ring (bicyclic) bond motifs is 1. The normalized spacial score (nSPS) is 48.3. The fourth-order valence-electron chi connectivity index (χ4n) is 1.65. The number of hydrogen-bond acceptors (Lipinski definition) is 2. The van der Waals surface area contributed by atoms with Crippen LogP contribution in [-0.4, -0.2) is 23.9 Å². The molecule has 0 aromatic heterocycles. The summed E-state index contributed by atoms with van der Waals surface area (Å²) in [5, 5.41) is 8.77. The molecule has 1 heterocycles. The van der Waals surface area contributed by atoms with E-state index >= 15 is 0 Å². The monoisotopic (exact) mass is 128 g/mol. The van der Waals surface area contributed by atoms with Gasteiger partial charge in [0.2, 0.25) is 0 Å². The fraction of sp³-hybridized carbons (Fsp3) is 1.00. The first kappa shape index (κ1) is 5.69. The molecule has 52 valence electrons. The second kappa shape index (κ2) is 1.96. The summed E-state index contributed by atoms with van der Waals surface area (Å²) in [4.78, 5) is 0. The molecule has 1 saturated carbocycles. The van der Waals surface area contributed by atoms with E-state index in [1.54, 1.807) is 0 Å². The van der Waals surface area contributed by atoms with E-state index in [2.05, 4.69) is 0 Å². The van der Waals surface area contributed by atoms with Crippen LogP contribution in [0.4, 0.5) is 0 Å². The number of hydrogen-bond donors (Lipinski definition) is 1. The predicted molar refractivity (Wildman–Crippen MR) is 33.1 cm³/mol. The first-order valence-electron chi connectivity index (χ1n) is 3.66. The van der Waals surface area contributed by atoms with E-state index in [0.29, 0.717) is 24.7 Å². The first-order chi connectivity index (χ1) is 4.40. The minimum absolute atomic E-state index is 0.354. The van der Waals surface area contributed by atoms with Crippen molar-refractivity contribution in [3.8, 4) is 0 Å². The van der Waals surface area contributed by atoms with E-state index in [9.17, 15) is 0 Å². The Morgan fingerprint density at radius 2 is 2.22 bits per heavy atom. The minimum Gasteiger partial charge on any atom is -0.396 e. The summed E-state index contributed by atoms with van der Waals surface area (Å²) in [6.07, 6.45) is 4.54. The van der Waals surface area contributed by atoms with E-state index in [-0.39, 0.29) is 0 Å². The predicted octanol–water partition coefficient (Wildman–Crippen LogP) is 0.546. The molecule has 0 aromatic carbocycles. The van der Waals surface area contributed by atoms with E-state index in [1.807, 2.05) is 0 Å². The summed E-state index contributed by atoms with van der Waals surface area (Å²) < 4.78 is 5.30. The zero-order valence-corrected chi connectivity index (χ0v) is 5.42. The topological polar surface area (TPSA) is 32.8 Å². The lowest BCUT2D eigenvalue weighted by Gasteiger charge is -2.14. The zero-order chi connectivity index (χ0) is 6.27. The molecule has 1 aliphatic carbocycles. The fourth-order valence-corrected chi connectivity index (χ4v) is 1.65. The van der Waals surface area contributed by atoms with Crippen LogP contribution in [0.3, 0.4) is 0 Å². The number of rotatable bonds is 1. The van der Waals surface area contributed by atoms with Crippen molar-refractivity contribution in [2.24, 2.45) is 5.92 Å². The summed E-state index contributed by atoms with van der Waals surface area (Å²) >= 11 is 0. The maximum absolute atomic E-state index is 8.77. The van der Waals surface area contributed by atoms with Crippen LogP contribution in [0, 0.1) is 5.92 Å². The molecule has 0 spiro atoms. The second-order valence-electron chi connectivity index (χ2n) is 3.07. The van der Waals surface area contributed by atoms with E-state index < -0.39 is 0 Å². The molecule has 1 aliphatic heterocycles. The molecule has 0 radical (unpaired) electrons. The van der Waals surface area contributed by atoms with Gasteiger partial charge in [0.1, 0.15) is 0 Å². The quantitative estimate of drug-likeness (QED) is 0.523. The summed E-state index contributed by atoms with van der Waals surface area (Å²) in [6.45, 7) is 0.354. The highest BCUT2D eigenvalue weighted by molar-refractivity contribution is 4.91. The van der Waals surface area contributed by atoms with Crippen LogP contribution in [0.15, 0.2) is 0 Å². The highest BCUT2D eigenvalue weighted by Crippen LogP contribution is 2.38. The van der Waals surface area contributed by atoms with Gasteiger partial charge < -0.3 is 9.84 Å². The highest BCUT2D eigenvalue weighted by atomic mass is 16.6. The number of epoxide rings is 1. The van der Waals surface area contributed by atoms with Crippen LogP contribution < -0.4 is 0 Å². The molecule has 2 nitrogen and oxygen atoms in total. The minimum atomic E-state index is 0.354. The molecule has 0 bridgehead atoms. The lowest BCUT2D eigenvalue weighted by Crippen LogP contribution is -2.16. The van der Waals surface area contributed by atoms with Crippen LogP contribution in [-0.2, 0) is 4.74 Å². The smallest absolute Gasteiger partial charge is 0.0845 e. The van der Waals surface area contributed by atoms with Gasteiger partial charge in [0.25, 0.3) is 0 Å². The van der Waals surface area contributed by atoms with Crippen molar-refractivity contribution in [2.45, 2.75) is 31.5 Å². The average molecular weight is 128 g/mol. The lowest BCUT2D eigenvalue weighted by molar-refractivity contribution is 0.197. The average Bonchev–Trinajstić information content (AvgIpc) is 2.64. The van der Waals surface area contributed by atoms with Crippen molar-refractivity contribution in [3.05, 3.63) is 0 Å². The Kier molecular flexibility index (Phi) is 1.24. The van der Waals surface area contributed by atoms with Gasteiger partial charge in [-0.25, -0.2) is 0 Å². The third-order valence-corrected chi connectivity index (χ3v) is 2.37. The second-order valence-corrected chi connectivity index (χ2v) is 3.07. The first-order valence-corrected chi connectivity index (χ1v) is 3.66. The van der Waals surface area contributed by atoms with Gasteiger partial charge in [-0.1, -0.05) is 0 Å². The van der Waals surface area contributed by atoms with Gasteiger partial charge in [-0.15, -0.1) is 0 Å². The van der Waals surface area contributed by atoms with Crippen molar-refractivity contribution >= 4 is 0 Å². The molecule has 0 amide bonds. The Hall–Kier alpha value is -0.0800. The molecule has 2 aliphatic rings. The zero-order valence-electron chi connectivity index (χ0n) is 5.42. The number of aliphatic hydroxyl groups is 1. The molecule has 2 rings (SSSR count). The van der Waals surface area contributed by atoms with Gasteiger partial charge in [-0.05, 0) is 25.2 Å². The standard InChI is InChI=1S/C7H12O2/c8-4-5-1-2-6-7(3-5)9-6/h5-8H,1-4H2. The molecule has 2 fully saturated rings. The maximum Gasteiger partial charge on any atom is 0.0845 e. The molecule has 1 N–H and O–H groups in total. The third kappa shape index (κ3) is 0.970. The van der Waals surface area contributed by atoms with Crippen molar-refractivity contribution in [3.63, 3.8) is 0 Å². The van der Waals surface area contributed by atoms with Crippen molar-refractivity contribution in [1.82, 2.24) is 0 Å². The molecular formula is C7H12O2. The van der Waals surface area contributed by atoms with Crippen LogP contribution in [0.25, 0.3) is 0 Å². The summed E-state index contributed by atoms with van der Waals surface area (Å²) in [7, 11) is 0. The van der Waals surface area contributed by atoms with Gasteiger partial charge in [0.15, 0.2) is 0 Å². The van der Waals surface area contributed by atoms with Crippen LogP contribution >= 0.6 is 0 Å². The molecule has 3 atom stereocenters. The summed E-state index contributed by atoms with van der Waals surface area (Å²) in [6, 6.07) is 0. The van der Waals surface area contributed by atoms with Gasteiger partial charge in [0.05, 0.1) is 12.2 Å².